The van der Waals surface area contributed by atoms with Gasteiger partial charge in [-0.05, 0) is 25.1 Å². The maximum Gasteiger partial charge on any atom is 0.136 e. The fraction of sp³-hybridized carbons (Fsp3) is 0.417. The Hall–Kier alpha value is -1.39. The molecule has 0 spiro atoms. The lowest BCUT2D eigenvalue weighted by atomic mass is 9.97. The van der Waals surface area contributed by atoms with Gasteiger partial charge >= 0.3 is 0 Å². The summed E-state index contributed by atoms with van der Waals surface area (Å²) in [5.41, 5.74) is 1.40. The molecule has 1 fully saturated rings. The topological polar surface area (TPSA) is 49.6 Å². The molecule has 0 amide bonds. The Labute approximate surface area is 93.9 Å². The van der Waals surface area contributed by atoms with Crippen molar-refractivity contribution < 1.29 is 5.11 Å². The van der Waals surface area contributed by atoms with Crippen molar-refractivity contribution in [3.8, 4) is 0 Å². The van der Waals surface area contributed by atoms with Crippen LogP contribution in [0.5, 0.6) is 0 Å². The molecule has 0 aromatic carbocycles. The maximum atomic E-state index is 10.3. The first kappa shape index (κ1) is 9.81. The van der Waals surface area contributed by atoms with Crippen molar-refractivity contribution in [2.24, 2.45) is 0 Å². The molecule has 2 aromatic rings. The van der Waals surface area contributed by atoms with Gasteiger partial charge in [-0.1, -0.05) is 6.07 Å². The molecular formula is C12H15N3O. The Bertz CT molecular complexity index is 500. The molecule has 4 nitrogen and oxygen atoms in total. The van der Waals surface area contributed by atoms with E-state index in [9.17, 15) is 5.11 Å². The molecule has 2 aromatic heterocycles. The number of hydrogen-bond donors (Lipinski definition) is 2. The van der Waals surface area contributed by atoms with Gasteiger partial charge in [0.1, 0.15) is 5.65 Å². The van der Waals surface area contributed by atoms with E-state index < -0.39 is 5.60 Å². The fourth-order valence-corrected chi connectivity index (χ4v) is 2.33. The van der Waals surface area contributed by atoms with E-state index in [1.165, 1.54) is 0 Å². The number of imidazole rings is 1. The van der Waals surface area contributed by atoms with Crippen LogP contribution >= 0.6 is 0 Å². The number of hydrogen-bond acceptors (Lipinski definition) is 3. The van der Waals surface area contributed by atoms with Crippen molar-refractivity contribution in [1.29, 1.82) is 0 Å². The Balaban J connectivity index is 1.94. The van der Waals surface area contributed by atoms with Gasteiger partial charge in [0.2, 0.25) is 0 Å². The third-order valence-corrected chi connectivity index (χ3v) is 3.23. The van der Waals surface area contributed by atoms with Gasteiger partial charge in [0, 0.05) is 31.1 Å². The second kappa shape index (κ2) is 3.57. The van der Waals surface area contributed by atoms with Crippen molar-refractivity contribution in [1.82, 2.24) is 14.7 Å². The van der Waals surface area contributed by atoms with Crippen LogP contribution in [-0.2, 0) is 6.42 Å². The minimum absolute atomic E-state index is 0.605. The lowest BCUT2D eigenvalue weighted by molar-refractivity contribution is 0.0607. The Morgan fingerprint density at radius 2 is 2.44 bits per heavy atom. The number of β-amino-alcohol motifs (C(OH)–C–C–N with tert-alkyl or cyclic N) is 1. The molecule has 2 N–H and O–H groups in total. The summed E-state index contributed by atoms with van der Waals surface area (Å²) >= 11 is 0. The summed E-state index contributed by atoms with van der Waals surface area (Å²) in [6.45, 7) is 1.57. The quantitative estimate of drug-likeness (QED) is 0.774. The molecule has 16 heavy (non-hydrogen) atoms. The number of fused-ring (bicyclic) bond motifs is 1. The number of aromatic nitrogens is 2. The summed E-state index contributed by atoms with van der Waals surface area (Å²) in [6, 6.07) is 5.92. The summed E-state index contributed by atoms with van der Waals surface area (Å²) in [5, 5.41) is 13.5. The Kier molecular flexibility index (Phi) is 2.19. The summed E-state index contributed by atoms with van der Waals surface area (Å²) in [4.78, 5) is 4.32. The molecule has 0 radical (unpaired) electrons. The van der Waals surface area contributed by atoms with Crippen LogP contribution in [0, 0.1) is 0 Å². The van der Waals surface area contributed by atoms with Gasteiger partial charge in [-0.15, -0.1) is 0 Å². The van der Waals surface area contributed by atoms with E-state index in [0.717, 1.165) is 24.3 Å². The summed E-state index contributed by atoms with van der Waals surface area (Å²) in [6.07, 6.45) is 5.31. The molecule has 3 heterocycles. The number of rotatable bonds is 2. The molecule has 1 aliphatic rings. The van der Waals surface area contributed by atoms with Crippen molar-refractivity contribution in [3.05, 3.63) is 36.3 Å². The smallest absolute Gasteiger partial charge is 0.136 e. The summed E-state index contributed by atoms with van der Waals surface area (Å²) in [5.74, 6) is 0. The molecule has 1 unspecified atom stereocenters. The van der Waals surface area contributed by atoms with Crippen LogP contribution in [-0.4, -0.2) is 33.2 Å². The van der Waals surface area contributed by atoms with Crippen LogP contribution in [0.4, 0.5) is 0 Å². The van der Waals surface area contributed by atoms with Crippen LogP contribution in [0.2, 0.25) is 0 Å². The molecule has 84 valence electrons. The second-order valence-corrected chi connectivity index (χ2v) is 4.51. The minimum Gasteiger partial charge on any atom is -0.388 e. The van der Waals surface area contributed by atoms with Gasteiger partial charge in [-0.25, -0.2) is 4.98 Å². The van der Waals surface area contributed by atoms with Crippen molar-refractivity contribution >= 4 is 5.65 Å². The summed E-state index contributed by atoms with van der Waals surface area (Å²) in [7, 11) is 0. The highest BCUT2D eigenvalue weighted by Crippen LogP contribution is 2.20. The first-order valence-electron chi connectivity index (χ1n) is 5.61. The predicted octanol–water partition coefficient (Wildman–Crippen LogP) is 0.601. The van der Waals surface area contributed by atoms with Crippen LogP contribution in [0.1, 0.15) is 12.1 Å². The largest absolute Gasteiger partial charge is 0.388 e. The monoisotopic (exact) mass is 217 g/mol. The highest BCUT2D eigenvalue weighted by atomic mass is 16.3. The average molecular weight is 217 g/mol. The highest BCUT2D eigenvalue weighted by molar-refractivity contribution is 5.40. The second-order valence-electron chi connectivity index (χ2n) is 4.51. The molecule has 4 heteroatoms. The average Bonchev–Trinajstić information content (AvgIpc) is 2.87. The number of pyridine rings is 1. The van der Waals surface area contributed by atoms with Gasteiger partial charge in [0.05, 0.1) is 5.60 Å². The molecule has 0 aliphatic carbocycles. The zero-order valence-corrected chi connectivity index (χ0v) is 9.06. The standard InChI is InChI=1S/C12H15N3O/c16-12(4-5-13-9-12)7-10-8-14-11-3-1-2-6-15(10)11/h1-3,6,8,13,16H,4-5,7,9H2. The normalized spacial score (nSPS) is 25.3. The minimum atomic E-state index is -0.605. The van der Waals surface area contributed by atoms with Crippen LogP contribution in [0.25, 0.3) is 5.65 Å². The zero-order valence-electron chi connectivity index (χ0n) is 9.06. The lowest BCUT2D eigenvalue weighted by Crippen LogP contribution is -2.34. The maximum absolute atomic E-state index is 10.3. The SMILES string of the molecule is OC1(Cc2cnc3ccccn23)CCNC1. The molecular weight excluding hydrogens is 202 g/mol. The van der Waals surface area contributed by atoms with Crippen molar-refractivity contribution in [2.45, 2.75) is 18.4 Å². The third-order valence-electron chi connectivity index (χ3n) is 3.23. The van der Waals surface area contributed by atoms with E-state index in [-0.39, 0.29) is 0 Å². The van der Waals surface area contributed by atoms with Crippen molar-refractivity contribution in [3.63, 3.8) is 0 Å². The molecule has 3 rings (SSSR count). The van der Waals surface area contributed by atoms with Gasteiger partial charge < -0.3 is 14.8 Å². The van der Waals surface area contributed by atoms with E-state index in [1.807, 2.05) is 35.0 Å². The van der Waals surface area contributed by atoms with E-state index >= 15 is 0 Å². The fourth-order valence-electron chi connectivity index (χ4n) is 2.33. The van der Waals surface area contributed by atoms with Crippen LogP contribution in [0.15, 0.2) is 30.6 Å². The van der Waals surface area contributed by atoms with Gasteiger partial charge in [0.15, 0.2) is 0 Å². The number of aliphatic hydroxyl groups is 1. The van der Waals surface area contributed by atoms with Crippen LogP contribution in [0.3, 0.4) is 0 Å². The molecule has 0 bridgehead atoms. The van der Waals surface area contributed by atoms with E-state index in [4.69, 9.17) is 0 Å². The highest BCUT2D eigenvalue weighted by Gasteiger charge is 2.31. The third kappa shape index (κ3) is 1.60. The predicted molar refractivity (Wildman–Crippen MR) is 61.3 cm³/mol. The molecule has 1 atom stereocenters. The summed E-state index contributed by atoms with van der Waals surface area (Å²) < 4.78 is 2.04. The lowest BCUT2D eigenvalue weighted by Gasteiger charge is -2.20. The zero-order chi connectivity index (χ0) is 11.0. The van der Waals surface area contributed by atoms with Gasteiger partial charge in [-0.2, -0.15) is 0 Å². The van der Waals surface area contributed by atoms with Gasteiger partial charge in [-0.3, -0.25) is 0 Å². The van der Waals surface area contributed by atoms with E-state index in [0.29, 0.717) is 13.0 Å². The first-order valence-corrected chi connectivity index (χ1v) is 5.61. The Morgan fingerprint density at radius 1 is 1.50 bits per heavy atom. The molecule has 1 saturated heterocycles. The number of nitrogens with zero attached hydrogens (tertiary/aromatic N) is 2. The van der Waals surface area contributed by atoms with Crippen molar-refractivity contribution in [2.75, 3.05) is 13.1 Å². The van der Waals surface area contributed by atoms with Gasteiger partial charge in [0.25, 0.3) is 0 Å². The van der Waals surface area contributed by atoms with E-state index in [2.05, 4.69) is 10.3 Å². The first-order chi connectivity index (χ1) is 7.77. The van der Waals surface area contributed by atoms with E-state index in [1.54, 1.807) is 0 Å². The van der Waals surface area contributed by atoms with Crippen LogP contribution < -0.4 is 5.32 Å². The Morgan fingerprint density at radius 3 is 3.25 bits per heavy atom. The molecule has 0 saturated carbocycles. The number of nitrogens with one attached hydrogen (secondary N) is 1. The molecule has 1 aliphatic heterocycles.